The molecule has 9 nitrogen and oxygen atoms in total. The van der Waals surface area contributed by atoms with Crippen molar-refractivity contribution in [3.05, 3.63) is 34.8 Å². The SMILES string of the molecule is COCCCn1c(SCc2nnc(-c3ccco3)o2)n[nH]c1=O. The number of aromatic nitrogens is 5. The van der Waals surface area contributed by atoms with Crippen LogP contribution in [0.3, 0.4) is 0 Å². The molecule has 23 heavy (non-hydrogen) atoms. The molecule has 0 aliphatic rings. The molecule has 0 saturated heterocycles. The second kappa shape index (κ2) is 7.29. The highest BCUT2D eigenvalue weighted by molar-refractivity contribution is 7.98. The van der Waals surface area contributed by atoms with Crippen LogP contribution in [0.4, 0.5) is 0 Å². The molecule has 3 aromatic heterocycles. The van der Waals surface area contributed by atoms with Gasteiger partial charge in [-0.05, 0) is 18.6 Å². The van der Waals surface area contributed by atoms with E-state index in [0.717, 1.165) is 6.42 Å². The van der Waals surface area contributed by atoms with E-state index in [4.69, 9.17) is 13.6 Å². The number of ether oxygens (including phenoxy) is 1. The molecule has 0 amide bonds. The highest BCUT2D eigenvalue weighted by atomic mass is 32.2. The van der Waals surface area contributed by atoms with Crippen molar-refractivity contribution < 1.29 is 13.6 Å². The fourth-order valence-electron chi connectivity index (χ4n) is 1.92. The molecule has 0 atom stereocenters. The summed E-state index contributed by atoms with van der Waals surface area (Å²) in [7, 11) is 1.62. The van der Waals surface area contributed by atoms with E-state index in [9.17, 15) is 4.79 Å². The molecule has 3 aromatic rings. The number of aromatic amines is 1. The monoisotopic (exact) mass is 337 g/mol. The van der Waals surface area contributed by atoms with Gasteiger partial charge in [0.25, 0.3) is 5.89 Å². The number of thioether (sulfide) groups is 1. The summed E-state index contributed by atoms with van der Waals surface area (Å²) in [6.07, 6.45) is 2.27. The third-order valence-electron chi connectivity index (χ3n) is 2.98. The third kappa shape index (κ3) is 3.71. The fraction of sp³-hybridized carbons (Fsp3) is 0.385. The van der Waals surface area contributed by atoms with Gasteiger partial charge in [-0.1, -0.05) is 11.8 Å². The number of nitrogens with one attached hydrogen (secondary N) is 1. The molecule has 0 aromatic carbocycles. The lowest BCUT2D eigenvalue weighted by Gasteiger charge is -2.03. The molecule has 1 N–H and O–H groups in total. The van der Waals surface area contributed by atoms with Gasteiger partial charge in [-0.15, -0.1) is 15.3 Å². The van der Waals surface area contributed by atoms with E-state index in [1.54, 1.807) is 23.8 Å². The highest BCUT2D eigenvalue weighted by Gasteiger charge is 2.14. The summed E-state index contributed by atoms with van der Waals surface area (Å²) in [6, 6.07) is 3.49. The Hall–Kier alpha value is -2.33. The van der Waals surface area contributed by atoms with Crippen LogP contribution < -0.4 is 5.69 Å². The van der Waals surface area contributed by atoms with Crippen LogP contribution in [-0.2, 0) is 17.0 Å². The van der Waals surface area contributed by atoms with Gasteiger partial charge in [-0.2, -0.15) is 0 Å². The van der Waals surface area contributed by atoms with Crippen molar-refractivity contribution in [1.82, 2.24) is 25.0 Å². The van der Waals surface area contributed by atoms with Gasteiger partial charge in [-0.25, -0.2) is 9.89 Å². The van der Waals surface area contributed by atoms with Gasteiger partial charge in [0.1, 0.15) is 0 Å². The Morgan fingerprint density at radius 3 is 3.13 bits per heavy atom. The van der Waals surface area contributed by atoms with Gasteiger partial charge in [0.15, 0.2) is 10.9 Å². The number of rotatable bonds is 8. The molecular formula is C13H15N5O4S. The van der Waals surface area contributed by atoms with Crippen molar-refractivity contribution >= 4 is 11.8 Å². The number of hydrogen-bond donors (Lipinski definition) is 1. The quantitative estimate of drug-likeness (QED) is 0.486. The molecule has 0 fully saturated rings. The van der Waals surface area contributed by atoms with Crippen LogP contribution in [0.2, 0.25) is 0 Å². The summed E-state index contributed by atoms with van der Waals surface area (Å²) in [4.78, 5) is 11.7. The molecule has 3 rings (SSSR count). The van der Waals surface area contributed by atoms with Crippen LogP contribution >= 0.6 is 11.8 Å². The Morgan fingerprint density at radius 2 is 2.35 bits per heavy atom. The predicted octanol–water partition coefficient (Wildman–Crippen LogP) is 1.54. The first-order valence-corrected chi connectivity index (χ1v) is 7.89. The van der Waals surface area contributed by atoms with Gasteiger partial charge in [0, 0.05) is 20.3 Å². The summed E-state index contributed by atoms with van der Waals surface area (Å²) < 4.78 is 17.3. The normalized spacial score (nSPS) is 11.2. The topological polar surface area (TPSA) is 112 Å². The lowest BCUT2D eigenvalue weighted by atomic mass is 10.4. The first-order chi connectivity index (χ1) is 11.3. The van der Waals surface area contributed by atoms with Crippen LogP contribution in [0.1, 0.15) is 12.3 Å². The second-order valence-corrected chi connectivity index (χ2v) is 5.52. The number of methoxy groups -OCH3 is 1. The van der Waals surface area contributed by atoms with E-state index >= 15 is 0 Å². The summed E-state index contributed by atoms with van der Waals surface area (Å²) in [5, 5.41) is 14.9. The van der Waals surface area contributed by atoms with Crippen molar-refractivity contribution in [1.29, 1.82) is 0 Å². The molecule has 0 unspecified atom stereocenters. The standard InChI is InChI=1S/C13H15N5O4S/c1-20-6-3-5-18-12(19)16-17-13(18)23-8-10-14-15-11(22-10)9-4-2-7-21-9/h2,4,7H,3,5-6,8H2,1H3,(H,16,19). The Labute approximate surface area is 135 Å². The maximum atomic E-state index is 11.7. The summed E-state index contributed by atoms with van der Waals surface area (Å²) in [6.45, 7) is 1.12. The molecule has 0 aliphatic heterocycles. The van der Waals surface area contributed by atoms with Crippen molar-refractivity contribution in [2.24, 2.45) is 0 Å². The van der Waals surface area contributed by atoms with Gasteiger partial charge in [0.2, 0.25) is 5.89 Å². The van der Waals surface area contributed by atoms with E-state index in [1.165, 1.54) is 18.0 Å². The van der Waals surface area contributed by atoms with Gasteiger partial charge in [0.05, 0.1) is 12.0 Å². The Bertz CT molecular complexity index is 792. The third-order valence-corrected chi connectivity index (χ3v) is 3.94. The largest absolute Gasteiger partial charge is 0.459 e. The molecule has 0 radical (unpaired) electrons. The van der Waals surface area contributed by atoms with Crippen molar-refractivity contribution in [3.8, 4) is 11.7 Å². The first-order valence-electron chi connectivity index (χ1n) is 6.91. The van der Waals surface area contributed by atoms with Crippen molar-refractivity contribution in [2.75, 3.05) is 13.7 Å². The lowest BCUT2D eigenvalue weighted by Crippen LogP contribution is -2.18. The minimum Gasteiger partial charge on any atom is -0.459 e. The second-order valence-electron chi connectivity index (χ2n) is 4.58. The summed E-state index contributed by atoms with van der Waals surface area (Å²) in [5.74, 6) is 1.68. The van der Waals surface area contributed by atoms with E-state index in [0.29, 0.717) is 41.6 Å². The number of H-pyrrole nitrogens is 1. The van der Waals surface area contributed by atoms with Crippen LogP contribution in [0.5, 0.6) is 0 Å². The fourth-order valence-corrected chi connectivity index (χ4v) is 2.73. The Morgan fingerprint density at radius 1 is 1.43 bits per heavy atom. The lowest BCUT2D eigenvalue weighted by molar-refractivity contribution is 0.189. The van der Waals surface area contributed by atoms with Crippen molar-refractivity contribution in [3.63, 3.8) is 0 Å². The molecule has 0 bridgehead atoms. The van der Waals surface area contributed by atoms with E-state index < -0.39 is 0 Å². The molecule has 122 valence electrons. The van der Waals surface area contributed by atoms with Crippen molar-refractivity contribution in [2.45, 2.75) is 23.9 Å². The zero-order chi connectivity index (χ0) is 16.1. The first kappa shape index (κ1) is 15.6. The van der Waals surface area contributed by atoms with Gasteiger partial charge < -0.3 is 13.6 Å². The minimum atomic E-state index is -0.245. The smallest absolute Gasteiger partial charge is 0.343 e. The predicted molar refractivity (Wildman–Crippen MR) is 80.9 cm³/mol. The average molecular weight is 337 g/mol. The molecule has 0 aliphatic carbocycles. The molecule has 10 heteroatoms. The van der Waals surface area contributed by atoms with Crippen LogP contribution in [0, 0.1) is 0 Å². The van der Waals surface area contributed by atoms with E-state index in [-0.39, 0.29) is 5.69 Å². The number of furan rings is 1. The van der Waals surface area contributed by atoms with Gasteiger partial charge in [-0.3, -0.25) is 4.57 Å². The van der Waals surface area contributed by atoms with E-state index in [2.05, 4.69) is 20.4 Å². The zero-order valence-electron chi connectivity index (χ0n) is 12.4. The summed E-state index contributed by atoms with van der Waals surface area (Å²) >= 11 is 1.34. The maximum Gasteiger partial charge on any atom is 0.343 e. The maximum absolute atomic E-state index is 11.7. The molecule has 3 heterocycles. The summed E-state index contributed by atoms with van der Waals surface area (Å²) in [5.41, 5.74) is -0.245. The molecular weight excluding hydrogens is 322 g/mol. The molecule has 0 saturated carbocycles. The Balaban J connectivity index is 1.63. The van der Waals surface area contributed by atoms with E-state index in [1.807, 2.05) is 0 Å². The minimum absolute atomic E-state index is 0.245. The van der Waals surface area contributed by atoms with Crippen LogP contribution in [0.25, 0.3) is 11.7 Å². The molecule has 0 spiro atoms. The van der Waals surface area contributed by atoms with Gasteiger partial charge >= 0.3 is 5.69 Å². The van der Waals surface area contributed by atoms with Crippen LogP contribution in [0.15, 0.2) is 37.2 Å². The van der Waals surface area contributed by atoms with Crippen LogP contribution in [-0.4, -0.2) is 38.7 Å². The number of nitrogens with zero attached hydrogens (tertiary/aromatic N) is 4. The Kier molecular flexibility index (Phi) is 4.93. The average Bonchev–Trinajstić information content (AvgIpc) is 3.27. The number of hydrogen-bond acceptors (Lipinski definition) is 8. The zero-order valence-corrected chi connectivity index (χ0v) is 13.2. The highest BCUT2D eigenvalue weighted by Crippen LogP contribution is 2.22.